The molecule has 1 aromatic heterocycles. The van der Waals surface area contributed by atoms with Crippen LogP contribution in [0.1, 0.15) is 35.2 Å². The molecule has 1 fully saturated rings. The minimum Gasteiger partial charge on any atom is -0.370 e. The highest BCUT2D eigenvalue weighted by atomic mass is 16.5. The molecule has 0 radical (unpaired) electrons. The van der Waals surface area contributed by atoms with E-state index in [0.717, 1.165) is 35.7 Å². The molecule has 0 amide bonds. The average molecular weight is 243 g/mol. The number of benzene rings is 1. The summed E-state index contributed by atoms with van der Waals surface area (Å²) in [5, 5.41) is 1.000. The van der Waals surface area contributed by atoms with E-state index in [1.807, 2.05) is 25.3 Å². The normalized spacial score (nSPS) is 20.2. The second-order valence-electron chi connectivity index (χ2n) is 4.97. The predicted molar refractivity (Wildman–Crippen MR) is 71.0 cm³/mol. The van der Waals surface area contributed by atoms with Crippen molar-refractivity contribution < 1.29 is 9.53 Å². The van der Waals surface area contributed by atoms with Crippen LogP contribution in [0, 0.1) is 6.92 Å². The number of rotatable bonds is 2. The quantitative estimate of drug-likeness (QED) is 0.823. The summed E-state index contributed by atoms with van der Waals surface area (Å²) < 4.78 is 5.57. The van der Waals surface area contributed by atoms with Crippen molar-refractivity contribution in [1.29, 1.82) is 0 Å². The maximum atomic E-state index is 12.4. The lowest BCUT2D eigenvalue weighted by atomic mass is 9.99. The fraction of sp³-hybridized carbons (Fsp3) is 0.400. The number of carbonyl (C=O) groups excluding carboxylic acids is 1. The molecule has 1 aliphatic rings. The zero-order valence-electron chi connectivity index (χ0n) is 10.5. The zero-order valence-corrected chi connectivity index (χ0v) is 10.5. The number of ketones is 1. The van der Waals surface area contributed by atoms with Crippen molar-refractivity contribution in [3.8, 4) is 0 Å². The van der Waals surface area contributed by atoms with Gasteiger partial charge in [-0.25, -0.2) is 0 Å². The molecule has 1 atom stereocenters. The van der Waals surface area contributed by atoms with Gasteiger partial charge in [-0.15, -0.1) is 0 Å². The molecule has 1 aliphatic heterocycles. The highest BCUT2D eigenvalue weighted by Gasteiger charge is 2.25. The van der Waals surface area contributed by atoms with E-state index in [2.05, 4.69) is 11.1 Å². The molecule has 2 heterocycles. The van der Waals surface area contributed by atoms with Crippen LogP contribution in [-0.2, 0) is 4.74 Å². The third-order valence-corrected chi connectivity index (χ3v) is 3.57. The topological polar surface area (TPSA) is 42.1 Å². The third kappa shape index (κ3) is 1.95. The Labute approximate surface area is 106 Å². The number of nitrogens with one attached hydrogen (secondary N) is 1. The Morgan fingerprint density at radius 1 is 1.39 bits per heavy atom. The standard InChI is InChI=1S/C15H17NO2/c1-10-5-6-11-12(9-16-13(11)8-10)15(17)14-4-2-3-7-18-14/h5-6,8-9,14,16H,2-4,7H2,1H3. The predicted octanol–water partition coefficient (Wildman–Crippen LogP) is 3.23. The van der Waals surface area contributed by atoms with Gasteiger partial charge >= 0.3 is 0 Å². The van der Waals surface area contributed by atoms with Gasteiger partial charge in [-0.3, -0.25) is 4.79 Å². The molecule has 0 aliphatic carbocycles. The number of aromatic nitrogens is 1. The molecule has 18 heavy (non-hydrogen) atoms. The van der Waals surface area contributed by atoms with Gasteiger partial charge < -0.3 is 9.72 Å². The van der Waals surface area contributed by atoms with E-state index in [4.69, 9.17) is 4.74 Å². The van der Waals surface area contributed by atoms with Crippen molar-refractivity contribution in [1.82, 2.24) is 4.98 Å². The van der Waals surface area contributed by atoms with Crippen LogP contribution >= 0.6 is 0 Å². The first kappa shape index (κ1) is 11.5. The van der Waals surface area contributed by atoms with Crippen molar-refractivity contribution in [2.75, 3.05) is 6.61 Å². The van der Waals surface area contributed by atoms with Crippen LogP contribution < -0.4 is 0 Å². The zero-order chi connectivity index (χ0) is 12.5. The summed E-state index contributed by atoms with van der Waals surface area (Å²) in [5.41, 5.74) is 2.98. The summed E-state index contributed by atoms with van der Waals surface area (Å²) in [6, 6.07) is 6.11. The average Bonchev–Trinajstić information content (AvgIpc) is 2.81. The lowest BCUT2D eigenvalue weighted by Gasteiger charge is -2.20. The lowest BCUT2D eigenvalue weighted by molar-refractivity contribution is 0.0188. The Hall–Kier alpha value is -1.61. The molecule has 0 saturated carbocycles. The number of H-pyrrole nitrogens is 1. The Morgan fingerprint density at radius 2 is 2.28 bits per heavy atom. The van der Waals surface area contributed by atoms with Gasteiger partial charge in [0, 0.05) is 29.3 Å². The number of aryl methyl sites for hydroxylation is 1. The molecule has 3 heteroatoms. The number of hydrogen-bond donors (Lipinski definition) is 1. The Kier molecular flexibility index (Phi) is 2.92. The fourth-order valence-corrected chi connectivity index (χ4v) is 2.56. The first-order valence-electron chi connectivity index (χ1n) is 6.49. The number of aromatic amines is 1. The number of hydrogen-bond acceptors (Lipinski definition) is 2. The van der Waals surface area contributed by atoms with Crippen molar-refractivity contribution >= 4 is 16.7 Å². The molecular formula is C15H17NO2. The third-order valence-electron chi connectivity index (χ3n) is 3.57. The van der Waals surface area contributed by atoms with Crippen molar-refractivity contribution in [2.24, 2.45) is 0 Å². The summed E-state index contributed by atoms with van der Waals surface area (Å²) in [4.78, 5) is 15.6. The molecule has 1 saturated heterocycles. The SMILES string of the molecule is Cc1ccc2c(C(=O)C3CCCCO3)c[nH]c2c1. The van der Waals surface area contributed by atoms with Crippen LogP contribution in [0.4, 0.5) is 0 Å². The molecule has 3 nitrogen and oxygen atoms in total. The van der Waals surface area contributed by atoms with E-state index in [9.17, 15) is 4.79 Å². The van der Waals surface area contributed by atoms with Gasteiger partial charge in [0.1, 0.15) is 6.10 Å². The van der Waals surface area contributed by atoms with E-state index in [0.29, 0.717) is 6.61 Å². The van der Waals surface area contributed by atoms with Gasteiger partial charge in [0.25, 0.3) is 0 Å². The summed E-state index contributed by atoms with van der Waals surface area (Å²) in [5.74, 6) is 0.116. The summed E-state index contributed by atoms with van der Waals surface area (Å²) in [6.07, 6.45) is 4.55. The fourth-order valence-electron chi connectivity index (χ4n) is 2.56. The van der Waals surface area contributed by atoms with Crippen LogP contribution in [0.2, 0.25) is 0 Å². The number of ether oxygens (including phenoxy) is 1. The molecule has 0 spiro atoms. The van der Waals surface area contributed by atoms with Crippen molar-refractivity contribution in [3.63, 3.8) is 0 Å². The molecule has 2 aromatic rings. The monoisotopic (exact) mass is 243 g/mol. The number of carbonyl (C=O) groups is 1. The largest absolute Gasteiger partial charge is 0.370 e. The van der Waals surface area contributed by atoms with E-state index in [1.165, 1.54) is 5.56 Å². The molecule has 3 rings (SSSR count). The first-order valence-corrected chi connectivity index (χ1v) is 6.49. The van der Waals surface area contributed by atoms with Gasteiger partial charge in [-0.05, 0) is 37.8 Å². The van der Waals surface area contributed by atoms with Crippen LogP contribution in [0.5, 0.6) is 0 Å². The van der Waals surface area contributed by atoms with E-state index in [1.54, 1.807) is 0 Å². The minimum atomic E-state index is -0.251. The van der Waals surface area contributed by atoms with Gasteiger partial charge in [0.2, 0.25) is 0 Å². The summed E-state index contributed by atoms with van der Waals surface area (Å²) in [6.45, 7) is 2.75. The van der Waals surface area contributed by atoms with E-state index < -0.39 is 0 Å². The smallest absolute Gasteiger partial charge is 0.193 e. The molecule has 1 N–H and O–H groups in total. The van der Waals surface area contributed by atoms with Crippen molar-refractivity contribution in [3.05, 3.63) is 35.5 Å². The number of fused-ring (bicyclic) bond motifs is 1. The molecule has 1 unspecified atom stereocenters. The van der Waals surface area contributed by atoms with Gasteiger partial charge in [0.15, 0.2) is 5.78 Å². The van der Waals surface area contributed by atoms with Crippen LogP contribution in [-0.4, -0.2) is 23.5 Å². The first-order chi connectivity index (χ1) is 8.75. The summed E-state index contributed by atoms with van der Waals surface area (Å²) in [7, 11) is 0. The second kappa shape index (κ2) is 4.58. The molecule has 94 valence electrons. The maximum absolute atomic E-state index is 12.4. The maximum Gasteiger partial charge on any atom is 0.193 e. The summed E-state index contributed by atoms with van der Waals surface area (Å²) >= 11 is 0. The van der Waals surface area contributed by atoms with Gasteiger partial charge in [0.05, 0.1) is 0 Å². The van der Waals surface area contributed by atoms with Gasteiger partial charge in [-0.1, -0.05) is 12.1 Å². The Bertz CT molecular complexity index is 579. The Morgan fingerprint density at radius 3 is 3.06 bits per heavy atom. The van der Waals surface area contributed by atoms with Crippen LogP contribution in [0.15, 0.2) is 24.4 Å². The number of Topliss-reactive ketones (excluding diaryl/α,β-unsaturated/α-hetero) is 1. The minimum absolute atomic E-state index is 0.116. The lowest BCUT2D eigenvalue weighted by Crippen LogP contribution is -2.28. The van der Waals surface area contributed by atoms with Gasteiger partial charge in [-0.2, -0.15) is 0 Å². The molecule has 1 aromatic carbocycles. The van der Waals surface area contributed by atoms with Crippen molar-refractivity contribution in [2.45, 2.75) is 32.3 Å². The van der Waals surface area contributed by atoms with E-state index in [-0.39, 0.29) is 11.9 Å². The van der Waals surface area contributed by atoms with Crippen LogP contribution in [0.3, 0.4) is 0 Å². The highest BCUT2D eigenvalue weighted by Crippen LogP contribution is 2.24. The molecular weight excluding hydrogens is 226 g/mol. The van der Waals surface area contributed by atoms with Crippen LogP contribution in [0.25, 0.3) is 10.9 Å². The van der Waals surface area contributed by atoms with E-state index >= 15 is 0 Å². The second-order valence-corrected chi connectivity index (χ2v) is 4.97. The Balaban J connectivity index is 1.96. The highest BCUT2D eigenvalue weighted by molar-refractivity contribution is 6.10. The molecule has 0 bridgehead atoms.